The van der Waals surface area contributed by atoms with E-state index in [2.05, 4.69) is 13.5 Å². The Morgan fingerprint density at radius 2 is 2.33 bits per heavy atom. The van der Waals surface area contributed by atoms with Gasteiger partial charge in [-0.3, -0.25) is 0 Å². The quantitative estimate of drug-likeness (QED) is 0.413. The molecular formula is C8H15Cl. The molecule has 0 fully saturated rings. The molecule has 1 atom stereocenters. The predicted molar refractivity (Wildman–Crippen MR) is 43.9 cm³/mol. The zero-order chi connectivity index (χ0) is 7.11. The molecule has 0 aromatic carbocycles. The van der Waals surface area contributed by atoms with Crippen LogP contribution in [0.2, 0.25) is 0 Å². The molecule has 0 aromatic heterocycles. The summed E-state index contributed by atoms with van der Waals surface area (Å²) >= 11 is 5.53. The highest BCUT2D eigenvalue weighted by molar-refractivity contribution is 6.17. The Morgan fingerprint density at radius 3 is 2.67 bits per heavy atom. The van der Waals surface area contributed by atoms with Crippen LogP contribution in [0.1, 0.15) is 26.2 Å². The van der Waals surface area contributed by atoms with Crippen LogP contribution in [0.5, 0.6) is 0 Å². The van der Waals surface area contributed by atoms with Gasteiger partial charge in [-0.2, -0.15) is 0 Å². The molecule has 0 aliphatic rings. The first kappa shape index (κ1) is 9.03. The summed E-state index contributed by atoms with van der Waals surface area (Å²) in [6.07, 6.45) is 5.53. The van der Waals surface area contributed by atoms with E-state index in [0.717, 1.165) is 12.3 Å². The number of rotatable bonds is 5. The zero-order valence-corrected chi connectivity index (χ0v) is 6.82. The lowest BCUT2D eigenvalue weighted by Gasteiger charge is -2.05. The van der Waals surface area contributed by atoms with Gasteiger partial charge in [0.2, 0.25) is 0 Å². The largest absolute Gasteiger partial charge is 0.127 e. The third kappa shape index (κ3) is 4.53. The maximum absolute atomic E-state index is 5.53. The molecule has 0 saturated heterocycles. The number of halogens is 1. The summed E-state index contributed by atoms with van der Waals surface area (Å²) in [6.45, 7) is 5.92. The minimum atomic E-state index is 0.684. The van der Waals surface area contributed by atoms with E-state index >= 15 is 0 Å². The molecule has 0 nitrogen and oxygen atoms in total. The molecule has 0 aliphatic carbocycles. The fourth-order valence-corrected chi connectivity index (χ4v) is 0.982. The van der Waals surface area contributed by atoms with Crippen LogP contribution < -0.4 is 0 Å². The lowest BCUT2D eigenvalue weighted by atomic mass is 10.0. The van der Waals surface area contributed by atoms with Gasteiger partial charge in [0, 0.05) is 5.88 Å². The molecule has 0 saturated carbocycles. The maximum atomic E-state index is 5.53. The normalized spacial score (nSPS) is 13.1. The van der Waals surface area contributed by atoms with Crippen LogP contribution >= 0.6 is 11.6 Å². The molecule has 0 rings (SSSR count). The van der Waals surface area contributed by atoms with Crippen molar-refractivity contribution in [1.82, 2.24) is 0 Å². The molecule has 0 aliphatic heterocycles. The fourth-order valence-electron chi connectivity index (χ4n) is 0.828. The highest BCUT2D eigenvalue weighted by Crippen LogP contribution is 2.11. The lowest BCUT2D eigenvalue weighted by molar-refractivity contribution is 0.566. The number of hydrogen-bond acceptors (Lipinski definition) is 0. The SMILES string of the molecule is C=CC(CC)CCCCl. The van der Waals surface area contributed by atoms with Crippen molar-refractivity contribution in [3.8, 4) is 0 Å². The van der Waals surface area contributed by atoms with Gasteiger partial charge in [-0.1, -0.05) is 13.0 Å². The van der Waals surface area contributed by atoms with Crippen LogP contribution in [-0.4, -0.2) is 5.88 Å². The predicted octanol–water partition coefficient (Wildman–Crippen LogP) is 3.22. The molecular weight excluding hydrogens is 132 g/mol. The Hall–Kier alpha value is 0.0300. The summed E-state index contributed by atoms with van der Waals surface area (Å²) in [7, 11) is 0. The number of alkyl halides is 1. The van der Waals surface area contributed by atoms with Crippen molar-refractivity contribution in [2.45, 2.75) is 26.2 Å². The van der Waals surface area contributed by atoms with Crippen molar-refractivity contribution < 1.29 is 0 Å². The number of hydrogen-bond donors (Lipinski definition) is 0. The van der Waals surface area contributed by atoms with Crippen molar-refractivity contribution in [1.29, 1.82) is 0 Å². The van der Waals surface area contributed by atoms with Crippen molar-refractivity contribution in [3.63, 3.8) is 0 Å². The van der Waals surface area contributed by atoms with Crippen molar-refractivity contribution in [2.75, 3.05) is 5.88 Å². The molecule has 0 N–H and O–H groups in total. The summed E-state index contributed by atoms with van der Waals surface area (Å²) in [4.78, 5) is 0. The second-order valence-electron chi connectivity index (χ2n) is 2.24. The van der Waals surface area contributed by atoms with Crippen LogP contribution in [-0.2, 0) is 0 Å². The second kappa shape index (κ2) is 6.15. The molecule has 0 spiro atoms. The summed E-state index contributed by atoms with van der Waals surface area (Å²) < 4.78 is 0. The highest BCUT2D eigenvalue weighted by Gasteiger charge is 1.97. The lowest BCUT2D eigenvalue weighted by Crippen LogP contribution is -1.93. The van der Waals surface area contributed by atoms with E-state index in [1.54, 1.807) is 0 Å². The van der Waals surface area contributed by atoms with Gasteiger partial charge in [0.1, 0.15) is 0 Å². The van der Waals surface area contributed by atoms with E-state index in [4.69, 9.17) is 11.6 Å². The Bertz CT molecular complexity index is 69.0. The third-order valence-electron chi connectivity index (χ3n) is 1.57. The standard InChI is InChI=1S/C8H15Cl/c1-3-8(4-2)6-5-7-9/h3,8H,1,4-7H2,2H3. The van der Waals surface area contributed by atoms with Crippen LogP contribution in [0.4, 0.5) is 0 Å². The van der Waals surface area contributed by atoms with Gasteiger partial charge < -0.3 is 0 Å². The number of allylic oxidation sites excluding steroid dienone is 1. The van der Waals surface area contributed by atoms with E-state index in [0.29, 0.717) is 5.92 Å². The van der Waals surface area contributed by atoms with Gasteiger partial charge in [-0.05, 0) is 25.2 Å². The summed E-state index contributed by atoms with van der Waals surface area (Å²) in [6, 6.07) is 0. The fraction of sp³-hybridized carbons (Fsp3) is 0.750. The molecule has 9 heavy (non-hydrogen) atoms. The van der Waals surface area contributed by atoms with Crippen molar-refractivity contribution in [2.24, 2.45) is 5.92 Å². The monoisotopic (exact) mass is 146 g/mol. The third-order valence-corrected chi connectivity index (χ3v) is 1.83. The zero-order valence-electron chi connectivity index (χ0n) is 6.07. The van der Waals surface area contributed by atoms with E-state index in [1.165, 1.54) is 12.8 Å². The van der Waals surface area contributed by atoms with E-state index in [1.807, 2.05) is 6.08 Å². The highest BCUT2D eigenvalue weighted by atomic mass is 35.5. The molecule has 1 heteroatoms. The molecule has 0 radical (unpaired) electrons. The van der Waals surface area contributed by atoms with Crippen molar-refractivity contribution >= 4 is 11.6 Å². The van der Waals surface area contributed by atoms with Crippen molar-refractivity contribution in [3.05, 3.63) is 12.7 Å². The van der Waals surface area contributed by atoms with Crippen LogP contribution in [0.3, 0.4) is 0 Å². The van der Waals surface area contributed by atoms with E-state index in [9.17, 15) is 0 Å². The van der Waals surface area contributed by atoms with Gasteiger partial charge in [0.25, 0.3) is 0 Å². The van der Waals surface area contributed by atoms with Gasteiger partial charge >= 0.3 is 0 Å². The Morgan fingerprint density at radius 1 is 1.67 bits per heavy atom. The Labute approximate surface area is 62.9 Å². The maximum Gasteiger partial charge on any atom is 0.0223 e. The molecule has 0 bridgehead atoms. The minimum Gasteiger partial charge on any atom is -0.127 e. The van der Waals surface area contributed by atoms with Gasteiger partial charge in [0.05, 0.1) is 0 Å². The first-order valence-electron chi connectivity index (χ1n) is 3.53. The smallest absolute Gasteiger partial charge is 0.0223 e. The summed E-state index contributed by atoms with van der Waals surface area (Å²) in [5.41, 5.74) is 0. The minimum absolute atomic E-state index is 0.684. The topological polar surface area (TPSA) is 0 Å². The van der Waals surface area contributed by atoms with Gasteiger partial charge in [-0.25, -0.2) is 0 Å². The Balaban J connectivity index is 3.20. The molecule has 0 amide bonds. The average Bonchev–Trinajstić information content (AvgIpc) is 1.91. The molecule has 1 unspecified atom stereocenters. The van der Waals surface area contributed by atoms with Gasteiger partial charge in [0.15, 0.2) is 0 Å². The first-order chi connectivity index (χ1) is 4.35. The molecule has 0 aromatic rings. The average molecular weight is 147 g/mol. The van der Waals surface area contributed by atoms with E-state index < -0.39 is 0 Å². The summed E-state index contributed by atoms with van der Waals surface area (Å²) in [5, 5.41) is 0. The van der Waals surface area contributed by atoms with Crippen LogP contribution in [0.25, 0.3) is 0 Å². The molecule has 54 valence electrons. The van der Waals surface area contributed by atoms with Crippen LogP contribution in [0.15, 0.2) is 12.7 Å². The second-order valence-corrected chi connectivity index (χ2v) is 2.61. The van der Waals surface area contributed by atoms with Gasteiger partial charge in [-0.15, -0.1) is 18.2 Å². The Kier molecular flexibility index (Phi) is 6.18. The van der Waals surface area contributed by atoms with Crippen LogP contribution in [0, 0.1) is 5.92 Å². The van der Waals surface area contributed by atoms with E-state index in [-0.39, 0.29) is 0 Å². The molecule has 0 heterocycles. The first-order valence-corrected chi connectivity index (χ1v) is 4.07. The summed E-state index contributed by atoms with van der Waals surface area (Å²) in [5.74, 6) is 1.47.